The smallest absolute Gasteiger partial charge is 0.354 e. The minimum atomic E-state index is -3.73. The number of carbonyl (C=O) groups excluding carboxylic acids is 1. The third-order valence-electron chi connectivity index (χ3n) is 3.02. The van der Waals surface area contributed by atoms with E-state index >= 15 is 0 Å². The van der Waals surface area contributed by atoms with Crippen LogP contribution in [0.1, 0.15) is 18.0 Å². The first-order chi connectivity index (χ1) is 10.8. The molecule has 0 radical (unpaired) electrons. The predicted octanol–water partition coefficient (Wildman–Crippen LogP) is 1.76. The van der Waals surface area contributed by atoms with Crippen molar-refractivity contribution in [1.82, 2.24) is 5.32 Å². The second-order valence-corrected chi connectivity index (χ2v) is 6.86. The second-order valence-electron chi connectivity index (χ2n) is 4.86. The van der Waals surface area contributed by atoms with Gasteiger partial charge in [-0.05, 0) is 23.8 Å². The van der Waals surface area contributed by atoms with Crippen molar-refractivity contribution in [2.24, 2.45) is 5.16 Å². The molecule has 1 N–H and O–H groups in total. The van der Waals surface area contributed by atoms with E-state index in [4.69, 9.17) is 11.6 Å². The van der Waals surface area contributed by atoms with Gasteiger partial charge in [0.25, 0.3) is 0 Å². The highest BCUT2D eigenvalue weighted by Gasteiger charge is 2.25. The van der Waals surface area contributed by atoms with Crippen molar-refractivity contribution < 1.29 is 22.2 Å². The zero-order valence-corrected chi connectivity index (χ0v) is 14.0. The van der Waals surface area contributed by atoms with Gasteiger partial charge in [-0.15, -0.1) is 0 Å². The van der Waals surface area contributed by atoms with Crippen LogP contribution in [0.4, 0.5) is 0 Å². The van der Waals surface area contributed by atoms with Gasteiger partial charge in [0.05, 0.1) is 25.1 Å². The Morgan fingerprint density at radius 2 is 2.00 bits per heavy atom. The van der Waals surface area contributed by atoms with Crippen molar-refractivity contribution in [2.45, 2.75) is 12.5 Å². The monoisotopic (exact) mass is 358 g/mol. The van der Waals surface area contributed by atoms with Gasteiger partial charge in [-0.3, -0.25) is 4.28 Å². The van der Waals surface area contributed by atoms with E-state index in [2.05, 4.69) is 19.5 Å². The number of nitrogens with one attached hydrogen (secondary N) is 1. The Bertz CT molecular complexity index is 756. The highest BCUT2D eigenvalue weighted by molar-refractivity contribution is 7.85. The normalized spacial score (nSPS) is 19.7. The molecule has 0 amide bonds. The number of hydrogen-bond donors (Lipinski definition) is 1. The van der Waals surface area contributed by atoms with Crippen LogP contribution in [-0.4, -0.2) is 33.5 Å². The Morgan fingerprint density at radius 1 is 1.35 bits per heavy atom. The van der Waals surface area contributed by atoms with Gasteiger partial charge < -0.3 is 10.1 Å². The molecule has 1 aromatic rings. The van der Waals surface area contributed by atoms with Crippen LogP contribution in [0, 0.1) is 0 Å². The molecule has 0 spiro atoms. The molecule has 124 valence electrons. The maximum absolute atomic E-state index is 11.8. The van der Waals surface area contributed by atoms with Crippen LogP contribution in [0.2, 0.25) is 5.02 Å². The Morgan fingerprint density at radius 3 is 2.57 bits per heavy atom. The quantitative estimate of drug-likeness (QED) is 0.651. The number of rotatable bonds is 4. The maximum Gasteiger partial charge on any atom is 0.354 e. The van der Waals surface area contributed by atoms with E-state index in [1.54, 1.807) is 24.3 Å². The highest BCUT2D eigenvalue weighted by atomic mass is 35.5. The number of nitrogens with zero attached hydrogens (tertiary/aromatic N) is 1. The van der Waals surface area contributed by atoms with E-state index in [1.165, 1.54) is 13.2 Å². The predicted molar refractivity (Wildman–Crippen MR) is 85.4 cm³/mol. The number of benzene rings is 1. The third-order valence-corrected chi connectivity index (χ3v) is 3.62. The fourth-order valence-corrected chi connectivity index (χ4v) is 2.38. The number of allylic oxidation sites excluding steroid dienone is 1. The van der Waals surface area contributed by atoms with Crippen molar-refractivity contribution in [3.63, 3.8) is 0 Å². The molecular formula is C14H15ClN2O5S. The molecule has 23 heavy (non-hydrogen) atoms. The van der Waals surface area contributed by atoms with Gasteiger partial charge >= 0.3 is 16.1 Å². The number of oxime groups is 1. The van der Waals surface area contributed by atoms with Crippen LogP contribution in [0.15, 0.2) is 41.2 Å². The van der Waals surface area contributed by atoms with Gasteiger partial charge in [0, 0.05) is 11.4 Å². The Balaban J connectivity index is 2.32. The molecule has 1 aromatic carbocycles. The van der Waals surface area contributed by atoms with Gasteiger partial charge in [-0.1, -0.05) is 28.9 Å². The van der Waals surface area contributed by atoms with E-state index in [9.17, 15) is 13.2 Å². The average Bonchev–Trinajstić information content (AvgIpc) is 2.52. The van der Waals surface area contributed by atoms with E-state index < -0.39 is 16.1 Å². The molecule has 0 saturated heterocycles. The summed E-state index contributed by atoms with van der Waals surface area (Å²) >= 11 is 5.86. The fraction of sp³-hybridized carbons (Fsp3) is 0.286. The summed E-state index contributed by atoms with van der Waals surface area (Å²) in [5.74, 6) is -0.587. The van der Waals surface area contributed by atoms with Crippen molar-refractivity contribution in [1.29, 1.82) is 0 Å². The first-order valence-electron chi connectivity index (χ1n) is 6.56. The van der Waals surface area contributed by atoms with E-state index in [1.807, 2.05) is 0 Å². The first kappa shape index (κ1) is 17.3. The summed E-state index contributed by atoms with van der Waals surface area (Å²) in [7, 11) is -2.47. The standard InChI is InChI=1S/C14H15ClN2O5S/c1-21-14(18)13-8-11(17-22-23(2,19)20)7-12(16-13)9-3-5-10(15)6-4-9/h3-6,8,12,16H,7H2,1-2H3/b17-11-. The number of halogens is 1. The van der Waals surface area contributed by atoms with Crippen LogP contribution < -0.4 is 5.32 Å². The van der Waals surface area contributed by atoms with Crippen LogP contribution >= 0.6 is 11.6 Å². The van der Waals surface area contributed by atoms with E-state index in [0.717, 1.165) is 11.8 Å². The van der Waals surface area contributed by atoms with Gasteiger partial charge in [0.15, 0.2) is 0 Å². The lowest BCUT2D eigenvalue weighted by Crippen LogP contribution is -2.32. The SMILES string of the molecule is COC(=O)C1=C/C(=N\OS(C)(=O)=O)CC(c2ccc(Cl)cc2)N1. The van der Waals surface area contributed by atoms with Crippen LogP contribution in [0.3, 0.4) is 0 Å². The Kier molecular flexibility index (Phi) is 5.27. The Hall–Kier alpha value is -2.06. The summed E-state index contributed by atoms with van der Waals surface area (Å²) in [6, 6.07) is 6.75. The fourth-order valence-electron chi connectivity index (χ4n) is 2.02. The van der Waals surface area contributed by atoms with Gasteiger partial charge in [0.1, 0.15) is 5.70 Å². The van der Waals surface area contributed by atoms with Crippen molar-refractivity contribution in [3.05, 3.63) is 46.6 Å². The second kappa shape index (κ2) is 7.01. The number of ether oxygens (including phenoxy) is 1. The molecule has 2 rings (SSSR count). The molecule has 1 aliphatic heterocycles. The molecule has 0 bridgehead atoms. The molecule has 7 nitrogen and oxygen atoms in total. The molecule has 0 aliphatic carbocycles. The number of methoxy groups -OCH3 is 1. The highest BCUT2D eigenvalue weighted by Crippen LogP contribution is 2.25. The topological polar surface area (TPSA) is 94.1 Å². The van der Waals surface area contributed by atoms with Crippen LogP contribution in [0.5, 0.6) is 0 Å². The summed E-state index contributed by atoms with van der Waals surface area (Å²) in [6.45, 7) is 0. The summed E-state index contributed by atoms with van der Waals surface area (Å²) < 4.78 is 31.3. The molecule has 0 saturated carbocycles. The molecule has 0 fully saturated rings. The largest absolute Gasteiger partial charge is 0.464 e. The van der Waals surface area contributed by atoms with E-state index in [-0.39, 0.29) is 11.7 Å². The number of hydrogen-bond acceptors (Lipinski definition) is 7. The minimum Gasteiger partial charge on any atom is -0.464 e. The lowest BCUT2D eigenvalue weighted by Gasteiger charge is -2.25. The number of carbonyl (C=O) groups is 1. The molecule has 0 aromatic heterocycles. The lowest BCUT2D eigenvalue weighted by atomic mass is 9.97. The van der Waals surface area contributed by atoms with Gasteiger partial charge in [-0.25, -0.2) is 4.79 Å². The van der Waals surface area contributed by atoms with Gasteiger partial charge in [0.2, 0.25) is 0 Å². The van der Waals surface area contributed by atoms with E-state index in [0.29, 0.717) is 17.2 Å². The molecule has 1 unspecified atom stereocenters. The zero-order valence-electron chi connectivity index (χ0n) is 12.4. The molecule has 1 aliphatic rings. The maximum atomic E-state index is 11.8. The minimum absolute atomic E-state index is 0.162. The van der Waals surface area contributed by atoms with Gasteiger partial charge in [-0.2, -0.15) is 8.42 Å². The van der Waals surface area contributed by atoms with Crippen LogP contribution in [0.25, 0.3) is 0 Å². The van der Waals surface area contributed by atoms with Crippen molar-refractivity contribution in [3.8, 4) is 0 Å². The van der Waals surface area contributed by atoms with Crippen molar-refractivity contribution >= 4 is 33.4 Å². The summed E-state index contributed by atoms with van der Waals surface area (Å²) in [5.41, 5.74) is 1.32. The zero-order chi connectivity index (χ0) is 17.0. The molecular weight excluding hydrogens is 344 g/mol. The van der Waals surface area contributed by atoms with Crippen molar-refractivity contribution in [2.75, 3.05) is 13.4 Å². The summed E-state index contributed by atoms with van der Waals surface area (Å²) in [4.78, 5) is 11.8. The lowest BCUT2D eigenvalue weighted by molar-refractivity contribution is -0.136. The molecule has 1 heterocycles. The average molecular weight is 359 g/mol. The summed E-state index contributed by atoms with van der Waals surface area (Å²) in [6.07, 6.45) is 2.61. The van der Waals surface area contributed by atoms with Crippen LogP contribution in [-0.2, 0) is 23.9 Å². The molecule has 1 atom stereocenters. The number of esters is 1. The molecule has 9 heteroatoms. The third kappa shape index (κ3) is 4.97. The first-order valence-corrected chi connectivity index (χ1v) is 8.75. The summed E-state index contributed by atoms with van der Waals surface area (Å²) in [5, 5.41) is 7.20. The Labute approximate surface area is 139 Å².